The zero-order valence-corrected chi connectivity index (χ0v) is 18.0. The molecular weight excluding hydrogens is 422 g/mol. The Hall–Kier alpha value is -2.52. The van der Waals surface area contributed by atoms with Gasteiger partial charge in [0.25, 0.3) is 10.0 Å². The Kier molecular flexibility index (Phi) is 6.01. The quantitative estimate of drug-likeness (QED) is 0.737. The van der Waals surface area contributed by atoms with Crippen LogP contribution in [0.15, 0.2) is 58.3 Å². The number of amides is 2. The summed E-state index contributed by atoms with van der Waals surface area (Å²) >= 11 is 1.46. The van der Waals surface area contributed by atoms with Crippen LogP contribution in [0.4, 0.5) is 11.4 Å². The van der Waals surface area contributed by atoms with Gasteiger partial charge in [0, 0.05) is 35.8 Å². The molecule has 0 saturated carbocycles. The predicted molar refractivity (Wildman–Crippen MR) is 117 cm³/mol. The van der Waals surface area contributed by atoms with Gasteiger partial charge in [-0.15, -0.1) is 11.8 Å². The number of thioether (sulfide) groups is 1. The third-order valence-corrected chi connectivity index (χ3v) is 7.85. The van der Waals surface area contributed by atoms with Gasteiger partial charge in [0.05, 0.1) is 16.5 Å². The van der Waals surface area contributed by atoms with Gasteiger partial charge in [-0.3, -0.25) is 14.3 Å². The summed E-state index contributed by atoms with van der Waals surface area (Å²) in [6.07, 6.45) is 2.20. The van der Waals surface area contributed by atoms with E-state index in [1.54, 1.807) is 36.4 Å². The number of nitrogens with one attached hydrogen (secondary N) is 2. The van der Waals surface area contributed by atoms with Crippen molar-refractivity contribution in [2.45, 2.75) is 29.1 Å². The molecule has 7 nitrogen and oxygen atoms in total. The number of anilines is 2. The number of rotatable bonds is 5. The van der Waals surface area contributed by atoms with Gasteiger partial charge in [-0.05, 0) is 43.2 Å². The van der Waals surface area contributed by atoms with Crippen molar-refractivity contribution >= 4 is 45.0 Å². The molecule has 0 aliphatic carbocycles. The summed E-state index contributed by atoms with van der Waals surface area (Å²) in [7, 11) is -3.79. The number of sulfonamides is 1. The van der Waals surface area contributed by atoms with Crippen LogP contribution in [0.1, 0.15) is 19.3 Å². The number of likely N-dealkylation sites (tertiary alicyclic amines) is 1. The highest BCUT2D eigenvalue weighted by molar-refractivity contribution is 7.99. The maximum Gasteiger partial charge on any atom is 0.261 e. The average Bonchev–Trinajstić information content (AvgIpc) is 3.22. The number of benzene rings is 2. The van der Waals surface area contributed by atoms with E-state index in [4.69, 9.17) is 0 Å². The third-order valence-electron chi connectivity index (χ3n) is 5.24. The molecule has 0 spiro atoms. The minimum absolute atomic E-state index is 0.00883. The van der Waals surface area contributed by atoms with Gasteiger partial charge < -0.3 is 10.2 Å². The molecule has 2 amide bonds. The lowest BCUT2D eigenvalue weighted by molar-refractivity contribution is -0.133. The molecule has 0 aromatic heterocycles. The normalized spacial score (nSPS) is 19.0. The lowest BCUT2D eigenvalue weighted by Gasteiger charge is -2.18. The average molecular weight is 446 g/mol. The fourth-order valence-corrected chi connectivity index (χ4v) is 5.74. The molecule has 0 radical (unpaired) electrons. The maximum atomic E-state index is 12.7. The second-order valence-electron chi connectivity index (χ2n) is 7.42. The summed E-state index contributed by atoms with van der Waals surface area (Å²) in [5.74, 6) is -0.209. The van der Waals surface area contributed by atoms with Crippen molar-refractivity contribution in [2.24, 2.45) is 5.92 Å². The van der Waals surface area contributed by atoms with E-state index in [0.29, 0.717) is 17.1 Å². The third kappa shape index (κ3) is 4.62. The smallest absolute Gasteiger partial charge is 0.261 e. The lowest BCUT2D eigenvalue weighted by Crippen LogP contribution is -2.33. The first-order chi connectivity index (χ1) is 14.4. The molecule has 2 aliphatic rings. The van der Waals surface area contributed by atoms with Crippen LogP contribution in [0.25, 0.3) is 0 Å². The van der Waals surface area contributed by atoms with E-state index >= 15 is 0 Å². The second-order valence-corrected chi connectivity index (χ2v) is 10.2. The van der Waals surface area contributed by atoms with Gasteiger partial charge in [0.1, 0.15) is 0 Å². The number of nitrogens with zero attached hydrogens (tertiary/aromatic N) is 1. The van der Waals surface area contributed by atoms with E-state index in [9.17, 15) is 18.0 Å². The summed E-state index contributed by atoms with van der Waals surface area (Å²) in [6.45, 7) is 1.52. The predicted octanol–water partition coefficient (Wildman–Crippen LogP) is 3.16. The fourth-order valence-electron chi connectivity index (χ4n) is 3.58. The Morgan fingerprint density at radius 3 is 2.60 bits per heavy atom. The van der Waals surface area contributed by atoms with Crippen molar-refractivity contribution in [2.75, 3.05) is 28.9 Å². The Balaban J connectivity index is 1.49. The number of carbonyl (C=O) groups is 2. The highest BCUT2D eigenvalue weighted by Crippen LogP contribution is 2.35. The van der Waals surface area contributed by atoms with Crippen molar-refractivity contribution in [3.63, 3.8) is 0 Å². The monoisotopic (exact) mass is 445 g/mol. The summed E-state index contributed by atoms with van der Waals surface area (Å²) < 4.78 is 28.0. The first-order valence-corrected chi connectivity index (χ1v) is 12.3. The van der Waals surface area contributed by atoms with E-state index < -0.39 is 15.9 Å². The Morgan fingerprint density at radius 2 is 1.87 bits per heavy atom. The Bertz CT molecular complexity index is 1050. The van der Waals surface area contributed by atoms with Crippen LogP contribution in [-0.2, 0) is 19.6 Å². The zero-order valence-electron chi connectivity index (χ0n) is 16.3. The molecular formula is C21H23N3O4S2. The molecule has 1 saturated heterocycles. The minimum atomic E-state index is -3.79. The SMILES string of the molecule is O=C1Nc2cc(S(=O)(=O)Nc3ccccc3)ccc2SCC1CC(=O)N1CCCC1. The van der Waals surface area contributed by atoms with Gasteiger partial charge in [0.15, 0.2) is 0 Å². The minimum Gasteiger partial charge on any atom is -0.343 e. The number of fused-ring (bicyclic) bond motifs is 1. The Morgan fingerprint density at radius 1 is 1.13 bits per heavy atom. The summed E-state index contributed by atoms with van der Waals surface area (Å²) in [5, 5.41) is 2.82. The fraction of sp³-hybridized carbons (Fsp3) is 0.333. The van der Waals surface area contributed by atoms with E-state index in [1.165, 1.54) is 23.9 Å². The molecule has 1 atom stereocenters. The van der Waals surface area contributed by atoms with Crippen LogP contribution >= 0.6 is 11.8 Å². The van der Waals surface area contributed by atoms with Crippen molar-refractivity contribution in [3.8, 4) is 0 Å². The van der Waals surface area contributed by atoms with Gasteiger partial charge in [0.2, 0.25) is 11.8 Å². The second kappa shape index (κ2) is 8.69. The summed E-state index contributed by atoms with van der Waals surface area (Å²) in [4.78, 5) is 27.8. The molecule has 30 heavy (non-hydrogen) atoms. The van der Waals surface area contributed by atoms with E-state index in [-0.39, 0.29) is 23.1 Å². The van der Waals surface area contributed by atoms with Crippen molar-refractivity contribution < 1.29 is 18.0 Å². The summed E-state index contributed by atoms with van der Waals surface area (Å²) in [6, 6.07) is 13.3. The van der Waals surface area contributed by atoms with E-state index in [2.05, 4.69) is 10.0 Å². The van der Waals surface area contributed by atoms with E-state index in [0.717, 1.165) is 30.8 Å². The molecule has 1 fully saturated rings. The highest BCUT2D eigenvalue weighted by Gasteiger charge is 2.30. The number of hydrogen-bond donors (Lipinski definition) is 2. The van der Waals surface area contributed by atoms with Crippen LogP contribution in [-0.4, -0.2) is 44.0 Å². The maximum absolute atomic E-state index is 12.7. The van der Waals surface area contributed by atoms with Crippen LogP contribution in [0.2, 0.25) is 0 Å². The largest absolute Gasteiger partial charge is 0.343 e. The van der Waals surface area contributed by atoms with Gasteiger partial charge >= 0.3 is 0 Å². The first-order valence-electron chi connectivity index (χ1n) is 9.86. The molecule has 2 aromatic rings. The molecule has 1 unspecified atom stereocenters. The number of hydrogen-bond acceptors (Lipinski definition) is 5. The molecule has 4 rings (SSSR count). The van der Waals surface area contributed by atoms with Crippen molar-refractivity contribution in [3.05, 3.63) is 48.5 Å². The highest BCUT2D eigenvalue weighted by atomic mass is 32.2. The topological polar surface area (TPSA) is 95.6 Å². The van der Waals surface area contributed by atoms with Crippen LogP contribution < -0.4 is 10.0 Å². The molecule has 158 valence electrons. The molecule has 2 aliphatic heterocycles. The molecule has 2 N–H and O–H groups in total. The molecule has 9 heteroatoms. The van der Waals surface area contributed by atoms with Gasteiger partial charge in [-0.25, -0.2) is 8.42 Å². The van der Waals surface area contributed by atoms with Crippen molar-refractivity contribution in [1.29, 1.82) is 0 Å². The first kappa shape index (κ1) is 20.7. The van der Waals surface area contributed by atoms with Gasteiger partial charge in [-0.1, -0.05) is 18.2 Å². The number of para-hydroxylation sites is 1. The van der Waals surface area contributed by atoms with Crippen LogP contribution in [0.3, 0.4) is 0 Å². The van der Waals surface area contributed by atoms with Crippen LogP contribution in [0, 0.1) is 5.92 Å². The summed E-state index contributed by atoms with van der Waals surface area (Å²) in [5.41, 5.74) is 0.920. The molecule has 2 aromatic carbocycles. The lowest BCUT2D eigenvalue weighted by atomic mass is 10.1. The molecule has 0 bridgehead atoms. The van der Waals surface area contributed by atoms with Crippen LogP contribution in [0.5, 0.6) is 0 Å². The van der Waals surface area contributed by atoms with E-state index in [1.807, 2.05) is 4.90 Å². The Labute approximate surface area is 180 Å². The van der Waals surface area contributed by atoms with Crippen molar-refractivity contribution in [1.82, 2.24) is 4.90 Å². The number of carbonyl (C=O) groups excluding carboxylic acids is 2. The standard InChI is InChI=1S/C21H23N3O4S2/c25-20(24-10-4-5-11-24)12-15-14-29-19-9-8-17(13-18(19)22-21(15)26)30(27,28)23-16-6-2-1-3-7-16/h1-3,6-9,13,15,23H,4-5,10-12,14H2,(H,22,26). The van der Waals surface area contributed by atoms with Gasteiger partial charge in [-0.2, -0.15) is 0 Å². The molecule has 2 heterocycles. The zero-order chi connectivity index (χ0) is 21.1.